The van der Waals surface area contributed by atoms with Gasteiger partial charge < -0.3 is 15.1 Å². The minimum absolute atomic E-state index is 0.155. The summed E-state index contributed by atoms with van der Waals surface area (Å²) in [5.74, 6) is 0.596. The molecule has 4 aromatic rings. The Morgan fingerprint density at radius 3 is 2.62 bits per heavy atom. The highest BCUT2D eigenvalue weighted by molar-refractivity contribution is 7.99. The van der Waals surface area contributed by atoms with Crippen molar-refractivity contribution in [1.82, 2.24) is 9.55 Å². The molecule has 5 rings (SSSR count). The van der Waals surface area contributed by atoms with Crippen LogP contribution in [0.15, 0.2) is 96.5 Å². The molecule has 1 aliphatic heterocycles. The number of amides is 1. The van der Waals surface area contributed by atoms with Crippen molar-refractivity contribution in [3.05, 3.63) is 119 Å². The molecule has 1 amide bonds. The minimum Gasteiger partial charge on any atom is -0.410 e. The monoisotopic (exact) mass is 440 g/mol. The van der Waals surface area contributed by atoms with E-state index in [4.69, 9.17) is 0 Å². The number of aromatic nitrogens is 2. The molecule has 2 aromatic carbocycles. The van der Waals surface area contributed by atoms with E-state index in [1.165, 1.54) is 0 Å². The highest BCUT2D eigenvalue weighted by atomic mass is 32.2. The molecule has 0 aliphatic carbocycles. The first-order chi connectivity index (χ1) is 15.7. The number of pyridine rings is 1. The van der Waals surface area contributed by atoms with Crippen LogP contribution in [-0.2, 0) is 5.75 Å². The molecule has 3 heterocycles. The van der Waals surface area contributed by atoms with Crippen LogP contribution in [0.1, 0.15) is 38.1 Å². The number of anilines is 1. The van der Waals surface area contributed by atoms with Crippen molar-refractivity contribution in [3.63, 3.8) is 0 Å². The average molecular weight is 441 g/mol. The van der Waals surface area contributed by atoms with E-state index in [1.54, 1.807) is 36.2 Å². The van der Waals surface area contributed by atoms with Gasteiger partial charge in [0.15, 0.2) is 0 Å². The summed E-state index contributed by atoms with van der Waals surface area (Å²) in [4.78, 5) is 17.2. The third kappa shape index (κ3) is 3.78. The Morgan fingerprint density at radius 2 is 1.84 bits per heavy atom. The molecule has 0 saturated heterocycles. The Balaban J connectivity index is 1.38. The van der Waals surface area contributed by atoms with Gasteiger partial charge in [0.2, 0.25) is 0 Å². The summed E-state index contributed by atoms with van der Waals surface area (Å²) in [7, 11) is 0. The number of hydrogen-bond acceptors (Lipinski definition) is 5. The fraction of sp³-hybridized carbons (Fsp3) is 0.0800. The van der Waals surface area contributed by atoms with Crippen molar-refractivity contribution in [2.45, 2.75) is 11.1 Å². The van der Waals surface area contributed by atoms with E-state index in [0.29, 0.717) is 16.8 Å². The lowest BCUT2D eigenvalue weighted by atomic mass is 10.0. The smallest absolute Gasteiger partial charge is 0.255 e. The van der Waals surface area contributed by atoms with Gasteiger partial charge in [-0.1, -0.05) is 53.7 Å². The molecule has 2 aromatic heterocycles. The lowest BCUT2D eigenvalue weighted by Gasteiger charge is -2.12. The van der Waals surface area contributed by atoms with Crippen LogP contribution in [0.2, 0.25) is 0 Å². The second-order valence-electron chi connectivity index (χ2n) is 7.38. The van der Waals surface area contributed by atoms with Gasteiger partial charge in [-0.25, -0.2) is 0 Å². The van der Waals surface area contributed by atoms with Gasteiger partial charge in [0.1, 0.15) is 11.1 Å². The standard InChI is InChI=1S/C25H20N4O2S/c30-24(19-9-4-8-18(14-19)23(28-31)17-6-2-1-3-7-17)27-21-11-13-29-22(21)16-32-25(29)20-10-5-12-26-15-20/h1-15,25,31H,16H2,(H,27,30). The molecule has 158 valence electrons. The van der Waals surface area contributed by atoms with E-state index >= 15 is 0 Å². The van der Waals surface area contributed by atoms with Crippen LogP contribution < -0.4 is 5.32 Å². The van der Waals surface area contributed by atoms with Crippen LogP contribution in [-0.4, -0.2) is 26.4 Å². The van der Waals surface area contributed by atoms with Crippen LogP contribution in [0.3, 0.4) is 0 Å². The first kappa shape index (κ1) is 20.1. The van der Waals surface area contributed by atoms with Crippen molar-refractivity contribution in [2.75, 3.05) is 5.32 Å². The van der Waals surface area contributed by atoms with E-state index in [9.17, 15) is 10.0 Å². The third-order valence-electron chi connectivity index (χ3n) is 5.42. The average Bonchev–Trinajstić information content (AvgIpc) is 3.44. The van der Waals surface area contributed by atoms with Crippen LogP contribution in [0, 0.1) is 0 Å². The van der Waals surface area contributed by atoms with E-state index in [1.807, 2.05) is 60.9 Å². The molecule has 0 saturated carbocycles. The van der Waals surface area contributed by atoms with Crippen LogP contribution >= 0.6 is 11.8 Å². The van der Waals surface area contributed by atoms with Gasteiger partial charge in [0.25, 0.3) is 5.91 Å². The molecule has 7 heteroatoms. The number of rotatable bonds is 5. The molecule has 32 heavy (non-hydrogen) atoms. The van der Waals surface area contributed by atoms with Crippen LogP contribution in [0.25, 0.3) is 0 Å². The number of carbonyl (C=O) groups excluding carboxylic acids is 1. The Labute approximate surface area is 189 Å². The van der Waals surface area contributed by atoms with E-state index in [2.05, 4.69) is 26.1 Å². The molecule has 1 aliphatic rings. The van der Waals surface area contributed by atoms with Crippen molar-refractivity contribution < 1.29 is 10.0 Å². The highest BCUT2D eigenvalue weighted by Gasteiger charge is 2.27. The molecule has 2 N–H and O–H groups in total. The lowest BCUT2D eigenvalue weighted by molar-refractivity contribution is 0.102. The largest absolute Gasteiger partial charge is 0.410 e. The zero-order valence-electron chi connectivity index (χ0n) is 17.1. The summed E-state index contributed by atoms with van der Waals surface area (Å²) in [5, 5.41) is 16.2. The van der Waals surface area contributed by atoms with Gasteiger partial charge in [-0.05, 0) is 24.3 Å². The SMILES string of the molecule is O=C(Nc1ccn2c1CSC2c1cccnc1)c1cccc(C(=NO)c2ccccc2)c1. The van der Waals surface area contributed by atoms with E-state index < -0.39 is 0 Å². The summed E-state index contributed by atoms with van der Waals surface area (Å²) in [6, 6.07) is 22.4. The van der Waals surface area contributed by atoms with E-state index in [0.717, 1.165) is 28.3 Å². The number of thioether (sulfide) groups is 1. The second kappa shape index (κ2) is 8.72. The van der Waals surface area contributed by atoms with Crippen molar-refractivity contribution in [1.29, 1.82) is 0 Å². The number of fused-ring (bicyclic) bond motifs is 1. The molecule has 0 fully saturated rings. The number of oxime groups is 1. The summed E-state index contributed by atoms with van der Waals surface area (Å²) in [6.07, 6.45) is 5.65. The van der Waals surface area contributed by atoms with Gasteiger partial charge >= 0.3 is 0 Å². The van der Waals surface area contributed by atoms with Gasteiger partial charge in [-0.2, -0.15) is 0 Å². The summed E-state index contributed by atoms with van der Waals surface area (Å²) in [5.41, 5.74) is 5.37. The van der Waals surface area contributed by atoms with Gasteiger partial charge in [-0.15, -0.1) is 11.8 Å². The van der Waals surface area contributed by atoms with Crippen LogP contribution in [0.5, 0.6) is 0 Å². The summed E-state index contributed by atoms with van der Waals surface area (Å²) in [6.45, 7) is 0. The lowest BCUT2D eigenvalue weighted by Crippen LogP contribution is -2.14. The second-order valence-corrected chi connectivity index (χ2v) is 8.45. The quantitative estimate of drug-likeness (QED) is 0.255. The topological polar surface area (TPSA) is 79.5 Å². The highest BCUT2D eigenvalue weighted by Crippen LogP contribution is 2.43. The van der Waals surface area contributed by atoms with Crippen molar-refractivity contribution in [3.8, 4) is 0 Å². The molecular formula is C25H20N4O2S. The Hall–Kier alpha value is -3.84. The molecule has 0 radical (unpaired) electrons. The number of nitrogens with zero attached hydrogens (tertiary/aromatic N) is 3. The maximum atomic E-state index is 13.0. The maximum absolute atomic E-state index is 13.0. The molecular weight excluding hydrogens is 420 g/mol. The Kier molecular flexibility index (Phi) is 5.47. The molecule has 0 bridgehead atoms. The molecule has 6 nitrogen and oxygen atoms in total. The fourth-order valence-electron chi connectivity index (χ4n) is 3.86. The minimum atomic E-state index is -0.207. The zero-order chi connectivity index (χ0) is 21.9. The first-order valence-electron chi connectivity index (χ1n) is 10.1. The number of benzene rings is 2. The maximum Gasteiger partial charge on any atom is 0.255 e. The van der Waals surface area contributed by atoms with Crippen molar-refractivity contribution >= 4 is 29.1 Å². The molecule has 0 spiro atoms. The Morgan fingerprint density at radius 1 is 1.03 bits per heavy atom. The summed E-state index contributed by atoms with van der Waals surface area (Å²) < 4.78 is 2.18. The summed E-state index contributed by atoms with van der Waals surface area (Å²) >= 11 is 1.80. The normalized spacial score (nSPS) is 15.4. The van der Waals surface area contributed by atoms with Gasteiger partial charge in [0.05, 0.1) is 11.4 Å². The predicted molar refractivity (Wildman–Crippen MR) is 126 cm³/mol. The van der Waals surface area contributed by atoms with Gasteiger partial charge in [-0.3, -0.25) is 9.78 Å². The van der Waals surface area contributed by atoms with Crippen LogP contribution in [0.4, 0.5) is 5.69 Å². The van der Waals surface area contributed by atoms with E-state index in [-0.39, 0.29) is 11.3 Å². The molecule has 1 unspecified atom stereocenters. The third-order valence-corrected chi connectivity index (χ3v) is 6.67. The fourth-order valence-corrected chi connectivity index (χ4v) is 5.17. The predicted octanol–water partition coefficient (Wildman–Crippen LogP) is 5.16. The number of hydrogen-bond donors (Lipinski definition) is 2. The zero-order valence-corrected chi connectivity index (χ0v) is 17.9. The Bertz CT molecular complexity index is 1290. The van der Waals surface area contributed by atoms with Gasteiger partial charge in [0, 0.05) is 46.6 Å². The van der Waals surface area contributed by atoms with Crippen molar-refractivity contribution in [2.24, 2.45) is 5.16 Å². The number of nitrogens with one attached hydrogen (secondary N) is 1. The number of carbonyl (C=O) groups is 1. The molecule has 1 atom stereocenters. The first-order valence-corrected chi connectivity index (χ1v) is 11.2.